The first-order valence-electron chi connectivity index (χ1n) is 7.76. The van der Waals surface area contributed by atoms with Gasteiger partial charge in [0.15, 0.2) is 5.82 Å². The molecule has 2 aliphatic rings. The summed E-state index contributed by atoms with van der Waals surface area (Å²) in [5.74, 6) is 1.59. The van der Waals surface area contributed by atoms with Crippen molar-refractivity contribution in [3.63, 3.8) is 0 Å². The Labute approximate surface area is 149 Å². The zero-order valence-corrected chi connectivity index (χ0v) is 15.0. The summed E-state index contributed by atoms with van der Waals surface area (Å²) >= 11 is 0. The molecule has 1 aromatic heterocycles. The molecule has 7 nitrogen and oxygen atoms in total. The largest absolute Gasteiger partial charge is 0.340 e. The molecule has 0 saturated carbocycles. The van der Waals surface area contributed by atoms with Crippen molar-refractivity contribution in [1.82, 2.24) is 25.3 Å². The molecule has 2 aliphatic heterocycles. The van der Waals surface area contributed by atoms with Crippen LogP contribution in [0.3, 0.4) is 0 Å². The lowest BCUT2D eigenvalue weighted by atomic mass is 10.0. The molecular formula is C14H25Cl2N5O2. The number of carbonyl (C=O) groups is 1. The van der Waals surface area contributed by atoms with Gasteiger partial charge in [-0.05, 0) is 19.4 Å². The van der Waals surface area contributed by atoms with Crippen LogP contribution in [0.2, 0.25) is 0 Å². The number of nitrogens with one attached hydrogen (secondary N) is 1. The number of rotatable bonds is 3. The van der Waals surface area contributed by atoms with E-state index in [0.717, 1.165) is 51.4 Å². The van der Waals surface area contributed by atoms with Crippen molar-refractivity contribution in [2.24, 2.45) is 0 Å². The molecule has 1 aromatic rings. The Hall–Kier alpha value is -0.890. The molecule has 3 heterocycles. The normalized spacial score (nSPS) is 22.1. The van der Waals surface area contributed by atoms with Crippen LogP contribution in [0.25, 0.3) is 0 Å². The number of aryl methyl sites for hydroxylation is 1. The van der Waals surface area contributed by atoms with Gasteiger partial charge in [0.1, 0.15) is 0 Å². The molecule has 2 fully saturated rings. The molecule has 2 saturated heterocycles. The number of hydrogen-bond acceptors (Lipinski definition) is 6. The summed E-state index contributed by atoms with van der Waals surface area (Å²) in [5.41, 5.74) is 0. The van der Waals surface area contributed by atoms with Crippen molar-refractivity contribution in [2.45, 2.75) is 38.8 Å². The first-order chi connectivity index (χ1) is 10.2. The number of piperazine rings is 1. The van der Waals surface area contributed by atoms with Crippen molar-refractivity contribution < 1.29 is 9.32 Å². The van der Waals surface area contributed by atoms with Gasteiger partial charge in [-0.15, -0.1) is 24.8 Å². The molecule has 0 bridgehead atoms. The Bertz CT molecular complexity index is 485. The van der Waals surface area contributed by atoms with Crippen LogP contribution in [0.5, 0.6) is 0 Å². The van der Waals surface area contributed by atoms with E-state index in [0.29, 0.717) is 12.4 Å². The molecule has 0 unspecified atom stereocenters. The highest BCUT2D eigenvalue weighted by atomic mass is 35.5. The summed E-state index contributed by atoms with van der Waals surface area (Å²) < 4.78 is 4.98. The minimum atomic E-state index is 0. The lowest BCUT2D eigenvalue weighted by Crippen LogP contribution is -2.54. The van der Waals surface area contributed by atoms with E-state index in [1.807, 2.05) is 4.90 Å². The van der Waals surface area contributed by atoms with Gasteiger partial charge >= 0.3 is 0 Å². The van der Waals surface area contributed by atoms with Gasteiger partial charge in [0.25, 0.3) is 0 Å². The maximum Gasteiger partial charge on any atom is 0.239 e. The Morgan fingerprint density at radius 2 is 2.00 bits per heavy atom. The van der Waals surface area contributed by atoms with Gasteiger partial charge in [-0.1, -0.05) is 11.6 Å². The number of hydrogen-bond donors (Lipinski definition) is 1. The van der Waals surface area contributed by atoms with Crippen molar-refractivity contribution in [1.29, 1.82) is 0 Å². The molecule has 0 aromatic carbocycles. The van der Waals surface area contributed by atoms with Crippen molar-refractivity contribution in [3.8, 4) is 0 Å². The standard InChI is InChI=1S/C14H23N5O2.2ClH/c1-11-16-13(17-21-11)10-18-6-8-19(9-7-18)14(20)12-4-2-3-5-15-12;;/h12,15H,2-10H2,1H3;2*1H/t12-;;/m1../s1. The van der Waals surface area contributed by atoms with Crippen LogP contribution in [-0.2, 0) is 11.3 Å². The molecule has 3 rings (SSSR count). The van der Waals surface area contributed by atoms with Crippen LogP contribution in [0.15, 0.2) is 4.52 Å². The van der Waals surface area contributed by atoms with E-state index in [2.05, 4.69) is 20.4 Å². The second-order valence-electron chi connectivity index (χ2n) is 5.83. The first-order valence-corrected chi connectivity index (χ1v) is 7.76. The van der Waals surface area contributed by atoms with E-state index >= 15 is 0 Å². The highest BCUT2D eigenvalue weighted by Crippen LogP contribution is 2.12. The Balaban J connectivity index is 0.00000132. The van der Waals surface area contributed by atoms with Crippen LogP contribution in [-0.4, -0.2) is 64.6 Å². The van der Waals surface area contributed by atoms with E-state index in [4.69, 9.17) is 4.52 Å². The maximum absolute atomic E-state index is 12.4. The topological polar surface area (TPSA) is 74.5 Å². The summed E-state index contributed by atoms with van der Waals surface area (Å²) in [7, 11) is 0. The molecule has 0 spiro atoms. The highest BCUT2D eigenvalue weighted by molar-refractivity contribution is 5.85. The van der Waals surface area contributed by atoms with E-state index < -0.39 is 0 Å². The van der Waals surface area contributed by atoms with Crippen molar-refractivity contribution in [3.05, 3.63) is 11.7 Å². The minimum absolute atomic E-state index is 0. The lowest BCUT2D eigenvalue weighted by molar-refractivity contribution is -0.135. The molecule has 1 atom stereocenters. The predicted octanol–water partition coefficient (Wildman–Crippen LogP) is 1.01. The molecule has 0 radical (unpaired) electrons. The summed E-state index contributed by atoms with van der Waals surface area (Å²) in [4.78, 5) is 20.9. The van der Waals surface area contributed by atoms with Crippen molar-refractivity contribution in [2.75, 3.05) is 32.7 Å². The van der Waals surface area contributed by atoms with Crippen LogP contribution < -0.4 is 5.32 Å². The third-order valence-corrected chi connectivity index (χ3v) is 4.23. The highest BCUT2D eigenvalue weighted by Gasteiger charge is 2.28. The average Bonchev–Trinajstić information content (AvgIpc) is 2.93. The summed E-state index contributed by atoms with van der Waals surface area (Å²) in [5, 5.41) is 7.25. The van der Waals surface area contributed by atoms with Gasteiger partial charge in [-0.3, -0.25) is 9.69 Å². The molecule has 132 valence electrons. The third kappa shape index (κ3) is 5.31. The summed E-state index contributed by atoms with van der Waals surface area (Å²) in [6, 6.07) is 0.0326. The number of piperidine rings is 1. The van der Waals surface area contributed by atoms with Crippen LogP contribution in [0, 0.1) is 6.92 Å². The number of halogens is 2. The summed E-state index contributed by atoms with van der Waals surface area (Å²) in [6.45, 7) is 6.76. The number of aromatic nitrogens is 2. The van der Waals surface area contributed by atoms with Gasteiger partial charge in [-0.2, -0.15) is 4.98 Å². The van der Waals surface area contributed by atoms with E-state index in [-0.39, 0.29) is 36.8 Å². The van der Waals surface area contributed by atoms with E-state index in [1.54, 1.807) is 6.92 Å². The maximum atomic E-state index is 12.4. The molecule has 23 heavy (non-hydrogen) atoms. The second kappa shape index (κ2) is 9.42. The lowest BCUT2D eigenvalue weighted by Gasteiger charge is -2.36. The Morgan fingerprint density at radius 1 is 1.26 bits per heavy atom. The van der Waals surface area contributed by atoms with Gasteiger partial charge in [-0.25, -0.2) is 0 Å². The van der Waals surface area contributed by atoms with Crippen molar-refractivity contribution >= 4 is 30.7 Å². The molecule has 1 N–H and O–H groups in total. The third-order valence-electron chi connectivity index (χ3n) is 4.23. The zero-order chi connectivity index (χ0) is 14.7. The number of nitrogens with zero attached hydrogens (tertiary/aromatic N) is 4. The van der Waals surface area contributed by atoms with Gasteiger partial charge < -0.3 is 14.7 Å². The summed E-state index contributed by atoms with van der Waals surface area (Å²) in [6.07, 6.45) is 3.31. The fourth-order valence-electron chi connectivity index (χ4n) is 3.01. The molecular weight excluding hydrogens is 341 g/mol. The van der Waals surface area contributed by atoms with Crippen LogP contribution in [0.1, 0.15) is 31.0 Å². The minimum Gasteiger partial charge on any atom is -0.340 e. The Morgan fingerprint density at radius 3 is 2.57 bits per heavy atom. The molecule has 0 aliphatic carbocycles. The van der Waals surface area contributed by atoms with Crippen LogP contribution in [0.4, 0.5) is 0 Å². The van der Waals surface area contributed by atoms with Crippen LogP contribution >= 0.6 is 24.8 Å². The fraction of sp³-hybridized carbons (Fsp3) is 0.786. The fourth-order valence-corrected chi connectivity index (χ4v) is 3.01. The van der Waals surface area contributed by atoms with E-state index in [9.17, 15) is 4.79 Å². The molecule has 9 heteroatoms. The molecule has 1 amide bonds. The SMILES string of the molecule is Cc1nc(CN2CCN(C(=O)[C@H]3CCCCN3)CC2)no1.Cl.Cl. The number of carbonyl (C=O) groups excluding carboxylic acids is 1. The first kappa shape index (κ1) is 20.2. The van der Waals surface area contributed by atoms with Gasteiger partial charge in [0.2, 0.25) is 11.8 Å². The van der Waals surface area contributed by atoms with Gasteiger partial charge in [0.05, 0.1) is 12.6 Å². The van der Waals surface area contributed by atoms with E-state index in [1.165, 1.54) is 6.42 Å². The monoisotopic (exact) mass is 365 g/mol. The Kier molecular flexibility index (Phi) is 8.25. The number of amides is 1. The average molecular weight is 366 g/mol. The smallest absolute Gasteiger partial charge is 0.239 e. The zero-order valence-electron chi connectivity index (χ0n) is 13.4. The van der Waals surface area contributed by atoms with Gasteiger partial charge in [0, 0.05) is 33.1 Å². The second-order valence-corrected chi connectivity index (χ2v) is 5.83. The predicted molar refractivity (Wildman–Crippen MR) is 91.0 cm³/mol. The quantitative estimate of drug-likeness (QED) is 0.861.